The van der Waals surface area contributed by atoms with E-state index in [0.717, 1.165) is 38.9 Å². The van der Waals surface area contributed by atoms with Crippen molar-refractivity contribution in [1.29, 1.82) is 0 Å². The van der Waals surface area contributed by atoms with E-state index in [1.807, 2.05) is 79.7 Å². The van der Waals surface area contributed by atoms with Crippen LogP contribution in [0.25, 0.3) is 33.4 Å². The maximum atomic E-state index is 12.9. The molecule has 0 aliphatic rings. The second-order valence-corrected chi connectivity index (χ2v) is 7.79. The molecule has 0 aliphatic heterocycles. The van der Waals surface area contributed by atoms with Crippen LogP contribution in [-0.4, -0.2) is 12.6 Å². The van der Waals surface area contributed by atoms with Crippen LogP contribution in [0.2, 0.25) is 5.02 Å². The molecule has 0 aliphatic carbocycles. The Morgan fingerprint density at radius 1 is 0.742 bits per heavy atom. The maximum Gasteiger partial charge on any atom is 0.338 e. The van der Waals surface area contributed by atoms with E-state index in [0.29, 0.717) is 17.2 Å². The van der Waals surface area contributed by atoms with Crippen molar-refractivity contribution < 1.29 is 9.53 Å². The number of benzene rings is 4. The molecule has 0 radical (unpaired) electrons. The third-order valence-electron chi connectivity index (χ3n) is 5.30. The normalized spacial score (nSPS) is 10.7. The van der Waals surface area contributed by atoms with E-state index in [9.17, 15) is 4.79 Å². The van der Waals surface area contributed by atoms with Crippen LogP contribution in [-0.2, 0) is 4.74 Å². The van der Waals surface area contributed by atoms with Gasteiger partial charge in [-0.2, -0.15) is 0 Å². The molecule has 0 fully saturated rings. The average Bonchev–Trinajstić information content (AvgIpc) is 2.80. The lowest BCUT2D eigenvalue weighted by Gasteiger charge is -2.17. The van der Waals surface area contributed by atoms with E-state index in [-0.39, 0.29) is 5.97 Å². The molecule has 154 valence electrons. The molecule has 0 aromatic heterocycles. The highest BCUT2D eigenvalue weighted by atomic mass is 35.5. The van der Waals surface area contributed by atoms with Gasteiger partial charge in [-0.25, -0.2) is 4.79 Å². The van der Waals surface area contributed by atoms with E-state index in [4.69, 9.17) is 16.3 Å². The summed E-state index contributed by atoms with van der Waals surface area (Å²) in [5.41, 5.74) is 7.57. The van der Waals surface area contributed by atoms with Crippen molar-refractivity contribution in [2.24, 2.45) is 0 Å². The summed E-state index contributed by atoms with van der Waals surface area (Å²) in [6.07, 6.45) is 0. The molecule has 0 amide bonds. The van der Waals surface area contributed by atoms with Crippen LogP contribution in [0.15, 0.2) is 91.0 Å². The Bertz CT molecular complexity index is 1210. The molecule has 0 bridgehead atoms. The minimum absolute atomic E-state index is 0.322. The highest BCUT2D eigenvalue weighted by Gasteiger charge is 2.19. The fourth-order valence-corrected chi connectivity index (χ4v) is 4.01. The first-order valence-corrected chi connectivity index (χ1v) is 10.7. The number of carbonyl (C=O) groups is 1. The van der Waals surface area contributed by atoms with Crippen molar-refractivity contribution in [3.8, 4) is 33.4 Å². The molecule has 0 saturated heterocycles. The SMILES string of the molecule is CCOC(=O)c1cc(-c2cc(Cl)ccc2-c2ccccc2)c(C)cc1-c1ccccc1. The van der Waals surface area contributed by atoms with Crippen molar-refractivity contribution in [3.63, 3.8) is 0 Å². The highest BCUT2D eigenvalue weighted by Crippen LogP contribution is 2.39. The number of rotatable bonds is 5. The monoisotopic (exact) mass is 426 g/mol. The number of halogens is 1. The number of esters is 1. The van der Waals surface area contributed by atoms with Crippen LogP contribution in [0.3, 0.4) is 0 Å². The van der Waals surface area contributed by atoms with Gasteiger partial charge in [0.15, 0.2) is 0 Å². The Labute approximate surface area is 188 Å². The third-order valence-corrected chi connectivity index (χ3v) is 5.54. The molecule has 3 heteroatoms. The fourth-order valence-electron chi connectivity index (χ4n) is 3.84. The van der Waals surface area contributed by atoms with Crippen LogP contribution < -0.4 is 0 Å². The number of hydrogen-bond donors (Lipinski definition) is 0. The summed E-state index contributed by atoms with van der Waals surface area (Å²) in [6, 6.07) is 30.0. The summed E-state index contributed by atoms with van der Waals surface area (Å²) in [7, 11) is 0. The second kappa shape index (κ2) is 9.20. The Kier molecular flexibility index (Phi) is 6.20. The van der Waals surface area contributed by atoms with Crippen LogP contribution in [0, 0.1) is 6.92 Å². The van der Waals surface area contributed by atoms with Gasteiger partial charge < -0.3 is 4.74 Å². The Morgan fingerprint density at radius 3 is 1.97 bits per heavy atom. The number of aryl methyl sites for hydroxylation is 1. The van der Waals surface area contributed by atoms with Gasteiger partial charge in [0.2, 0.25) is 0 Å². The molecule has 0 spiro atoms. The molecule has 4 rings (SSSR count). The summed E-state index contributed by atoms with van der Waals surface area (Å²) in [5, 5.41) is 0.652. The van der Waals surface area contributed by atoms with Crippen LogP contribution in [0.1, 0.15) is 22.8 Å². The zero-order chi connectivity index (χ0) is 21.8. The van der Waals surface area contributed by atoms with Crippen LogP contribution >= 0.6 is 11.6 Å². The third kappa shape index (κ3) is 4.40. The van der Waals surface area contributed by atoms with E-state index in [1.165, 1.54) is 0 Å². The Hall–Kier alpha value is -3.36. The van der Waals surface area contributed by atoms with Crippen molar-refractivity contribution >= 4 is 17.6 Å². The van der Waals surface area contributed by atoms with Gasteiger partial charge in [-0.05, 0) is 77.1 Å². The topological polar surface area (TPSA) is 26.3 Å². The van der Waals surface area contributed by atoms with Crippen LogP contribution in [0.5, 0.6) is 0 Å². The predicted octanol–water partition coefficient (Wildman–Crippen LogP) is 7.83. The van der Waals surface area contributed by atoms with Crippen molar-refractivity contribution in [1.82, 2.24) is 0 Å². The lowest BCUT2D eigenvalue weighted by atomic mass is 9.88. The first-order chi connectivity index (χ1) is 15.1. The van der Waals surface area contributed by atoms with E-state index in [2.05, 4.69) is 25.1 Å². The van der Waals surface area contributed by atoms with Gasteiger partial charge in [-0.1, -0.05) is 78.3 Å². The van der Waals surface area contributed by atoms with Crippen molar-refractivity contribution in [2.45, 2.75) is 13.8 Å². The Balaban J connectivity index is 1.96. The molecule has 0 heterocycles. The number of ether oxygens (including phenoxy) is 1. The van der Waals surface area contributed by atoms with Crippen molar-refractivity contribution in [2.75, 3.05) is 6.61 Å². The molecular formula is C28H23ClO2. The van der Waals surface area contributed by atoms with Gasteiger partial charge >= 0.3 is 5.97 Å². The zero-order valence-electron chi connectivity index (χ0n) is 17.6. The number of hydrogen-bond acceptors (Lipinski definition) is 2. The van der Waals surface area contributed by atoms with Gasteiger partial charge in [-0.15, -0.1) is 0 Å². The number of carbonyl (C=O) groups excluding carboxylic acids is 1. The summed E-state index contributed by atoms with van der Waals surface area (Å²) >= 11 is 6.39. The predicted molar refractivity (Wildman–Crippen MR) is 128 cm³/mol. The molecule has 4 aromatic carbocycles. The molecule has 31 heavy (non-hydrogen) atoms. The fraction of sp³-hybridized carbons (Fsp3) is 0.107. The molecular weight excluding hydrogens is 404 g/mol. The molecule has 4 aromatic rings. The Morgan fingerprint density at radius 2 is 1.35 bits per heavy atom. The molecule has 0 N–H and O–H groups in total. The quantitative estimate of drug-likeness (QED) is 0.304. The van der Waals surface area contributed by atoms with Gasteiger partial charge in [0.25, 0.3) is 0 Å². The van der Waals surface area contributed by atoms with Gasteiger partial charge in [0, 0.05) is 5.02 Å². The van der Waals surface area contributed by atoms with E-state index >= 15 is 0 Å². The first kappa shape index (κ1) is 20.9. The zero-order valence-corrected chi connectivity index (χ0v) is 18.3. The highest BCUT2D eigenvalue weighted by molar-refractivity contribution is 6.31. The smallest absolute Gasteiger partial charge is 0.338 e. The largest absolute Gasteiger partial charge is 0.462 e. The maximum absolute atomic E-state index is 12.9. The van der Waals surface area contributed by atoms with Gasteiger partial charge in [-0.3, -0.25) is 0 Å². The lowest BCUT2D eigenvalue weighted by molar-refractivity contribution is 0.0527. The second-order valence-electron chi connectivity index (χ2n) is 7.36. The summed E-state index contributed by atoms with van der Waals surface area (Å²) in [5.74, 6) is -0.328. The first-order valence-electron chi connectivity index (χ1n) is 10.3. The lowest BCUT2D eigenvalue weighted by Crippen LogP contribution is -2.07. The summed E-state index contributed by atoms with van der Waals surface area (Å²) in [4.78, 5) is 12.9. The standard InChI is InChI=1S/C28H23ClO2/c1-3-31-28(30)27-18-24(19(2)16-25(27)21-12-8-5-9-13-21)26-17-22(29)14-15-23(26)20-10-6-4-7-11-20/h4-18H,3H2,1-2H3. The van der Waals surface area contributed by atoms with Crippen molar-refractivity contribution in [3.05, 3.63) is 107 Å². The summed E-state index contributed by atoms with van der Waals surface area (Å²) < 4.78 is 5.39. The van der Waals surface area contributed by atoms with Crippen LogP contribution in [0.4, 0.5) is 0 Å². The summed E-state index contributed by atoms with van der Waals surface area (Å²) in [6.45, 7) is 4.20. The van der Waals surface area contributed by atoms with E-state index in [1.54, 1.807) is 0 Å². The van der Waals surface area contributed by atoms with E-state index < -0.39 is 0 Å². The molecule has 0 unspecified atom stereocenters. The van der Waals surface area contributed by atoms with Gasteiger partial charge in [0.1, 0.15) is 0 Å². The molecule has 2 nitrogen and oxygen atoms in total. The molecule has 0 atom stereocenters. The van der Waals surface area contributed by atoms with Gasteiger partial charge in [0.05, 0.1) is 12.2 Å². The average molecular weight is 427 g/mol. The molecule has 0 saturated carbocycles. The minimum atomic E-state index is -0.328. The minimum Gasteiger partial charge on any atom is -0.462 e.